The summed E-state index contributed by atoms with van der Waals surface area (Å²) in [5.74, 6) is 0. The molecule has 0 heterocycles. The van der Waals surface area contributed by atoms with Gasteiger partial charge in [-0.05, 0) is 23.6 Å². The minimum atomic E-state index is -4.18. The Labute approximate surface area is 110 Å². The van der Waals surface area contributed by atoms with E-state index in [2.05, 4.69) is 0 Å². The summed E-state index contributed by atoms with van der Waals surface area (Å²) in [6.45, 7) is 0. The van der Waals surface area contributed by atoms with Crippen molar-refractivity contribution in [1.82, 2.24) is 0 Å². The third kappa shape index (κ3) is 4.32. The third-order valence-corrected chi connectivity index (χ3v) is 3.05. The maximum absolute atomic E-state index is 11.1. The number of hydrogen-bond donors (Lipinski definition) is 2. The molecule has 0 saturated heterocycles. The smallest absolute Gasteiger partial charge is 0.399 e. The molecule has 0 aliphatic heterocycles. The van der Waals surface area contributed by atoms with Gasteiger partial charge in [-0.15, -0.1) is 12.6 Å². The fraction of sp³-hybridized carbons (Fsp3) is 0. The maximum Gasteiger partial charge on any atom is 0.425 e. The highest BCUT2D eigenvalue weighted by atomic mass is 32.2. The molecular formula is C10H9NO6S2. The second-order valence-corrected chi connectivity index (χ2v) is 5.21. The van der Waals surface area contributed by atoms with Gasteiger partial charge < -0.3 is 5.73 Å². The fourth-order valence-electron chi connectivity index (χ4n) is 1.50. The van der Waals surface area contributed by atoms with E-state index in [-0.39, 0.29) is 4.90 Å². The van der Waals surface area contributed by atoms with E-state index in [1.54, 1.807) is 30.3 Å². The van der Waals surface area contributed by atoms with Gasteiger partial charge in [0.05, 0.1) is 0 Å². The van der Waals surface area contributed by atoms with Crippen molar-refractivity contribution in [2.75, 3.05) is 5.73 Å². The lowest BCUT2D eigenvalue weighted by Crippen LogP contribution is -1.99. The molecule has 0 fully saturated rings. The number of fused-ring (bicyclic) bond motifs is 1. The Morgan fingerprint density at radius 2 is 1.63 bits per heavy atom. The molecule has 3 N–H and O–H groups in total. The van der Waals surface area contributed by atoms with Crippen molar-refractivity contribution >= 4 is 37.2 Å². The van der Waals surface area contributed by atoms with Gasteiger partial charge in [-0.3, -0.25) is 4.55 Å². The first-order valence-corrected chi connectivity index (χ1v) is 7.18. The van der Waals surface area contributed by atoms with Crippen molar-refractivity contribution in [3.05, 3.63) is 36.4 Å². The van der Waals surface area contributed by atoms with Crippen molar-refractivity contribution < 1.29 is 25.6 Å². The number of hydrogen-bond acceptors (Lipinski definition) is 6. The lowest BCUT2D eigenvalue weighted by atomic mass is 10.1. The predicted molar refractivity (Wildman–Crippen MR) is 67.9 cm³/mol. The van der Waals surface area contributed by atoms with Gasteiger partial charge in [0.1, 0.15) is 4.90 Å². The van der Waals surface area contributed by atoms with Crippen LogP contribution in [0.15, 0.2) is 41.3 Å². The van der Waals surface area contributed by atoms with E-state index in [0.717, 1.165) is 0 Å². The molecule has 0 spiro atoms. The summed E-state index contributed by atoms with van der Waals surface area (Å²) in [5.41, 5.74) is 6.12. The largest absolute Gasteiger partial charge is 0.425 e. The minimum absolute atomic E-state index is 0.0972. The molecule has 2 aromatic rings. The molecule has 102 valence electrons. The number of rotatable bonds is 1. The van der Waals surface area contributed by atoms with Crippen LogP contribution in [0.25, 0.3) is 10.8 Å². The summed E-state index contributed by atoms with van der Waals surface area (Å²) >= 11 is 0. The van der Waals surface area contributed by atoms with Crippen LogP contribution < -0.4 is 5.73 Å². The number of nitrogen functional groups attached to an aromatic ring is 1. The normalized spacial score (nSPS) is 10.6. The van der Waals surface area contributed by atoms with Crippen molar-refractivity contribution in [2.24, 2.45) is 0 Å². The molecule has 0 unspecified atom stereocenters. The zero-order chi connectivity index (χ0) is 14.6. The zero-order valence-electron chi connectivity index (χ0n) is 9.35. The standard InChI is InChI=1S/C10H9NO3S.O3S/c11-8-4-5-9-7(6-8)2-1-3-10(9)15(12,13)14;1-4(2)3/h1-6H,11H2,(H,12,13,14);. The zero-order valence-corrected chi connectivity index (χ0v) is 11.0. The van der Waals surface area contributed by atoms with Crippen LogP contribution in [-0.4, -0.2) is 25.6 Å². The minimum Gasteiger partial charge on any atom is -0.399 e. The molecule has 0 aliphatic carbocycles. The van der Waals surface area contributed by atoms with E-state index < -0.39 is 20.7 Å². The Bertz CT molecular complexity index is 804. The molecule has 19 heavy (non-hydrogen) atoms. The van der Waals surface area contributed by atoms with E-state index in [9.17, 15) is 8.42 Å². The highest BCUT2D eigenvalue weighted by molar-refractivity contribution is 7.86. The van der Waals surface area contributed by atoms with Crippen molar-refractivity contribution in [3.63, 3.8) is 0 Å². The molecule has 7 nitrogen and oxygen atoms in total. The number of nitrogens with two attached hydrogens (primary N) is 1. The van der Waals surface area contributed by atoms with Gasteiger partial charge in [0, 0.05) is 11.1 Å². The van der Waals surface area contributed by atoms with Crippen LogP contribution in [0.4, 0.5) is 5.69 Å². The van der Waals surface area contributed by atoms with E-state index in [0.29, 0.717) is 16.5 Å². The van der Waals surface area contributed by atoms with Crippen LogP contribution in [-0.2, 0) is 20.7 Å². The molecule has 0 atom stereocenters. The van der Waals surface area contributed by atoms with Crippen molar-refractivity contribution in [2.45, 2.75) is 4.90 Å². The van der Waals surface area contributed by atoms with Gasteiger partial charge >= 0.3 is 10.6 Å². The van der Waals surface area contributed by atoms with Crippen LogP contribution in [0.3, 0.4) is 0 Å². The van der Waals surface area contributed by atoms with Gasteiger partial charge in [0.2, 0.25) is 0 Å². The van der Waals surface area contributed by atoms with Gasteiger partial charge in [0.25, 0.3) is 10.1 Å². The van der Waals surface area contributed by atoms with E-state index in [4.69, 9.17) is 22.9 Å². The summed E-state index contributed by atoms with van der Waals surface area (Å²) in [6.07, 6.45) is 0. The van der Waals surface area contributed by atoms with Crippen LogP contribution >= 0.6 is 0 Å². The maximum atomic E-state index is 11.1. The SMILES string of the molecule is Nc1ccc2c(S(=O)(=O)O)cccc2c1.O=S(=O)=O. The summed E-state index contributed by atoms with van der Waals surface area (Å²) in [5, 5.41) is 1.15. The molecule has 9 heteroatoms. The molecule has 0 aliphatic rings. The predicted octanol–water partition coefficient (Wildman–Crippen LogP) is 0.665. The van der Waals surface area contributed by atoms with Gasteiger partial charge in [-0.1, -0.05) is 18.2 Å². The number of benzene rings is 2. The average Bonchev–Trinajstić information content (AvgIpc) is 2.25. The summed E-state index contributed by atoms with van der Waals surface area (Å²) < 4.78 is 56.4. The summed E-state index contributed by atoms with van der Waals surface area (Å²) in [6, 6.07) is 9.48. The molecule has 0 bridgehead atoms. The number of anilines is 1. The third-order valence-electron chi connectivity index (χ3n) is 2.14. The van der Waals surface area contributed by atoms with Gasteiger partial charge in [-0.25, -0.2) is 0 Å². The van der Waals surface area contributed by atoms with E-state index >= 15 is 0 Å². The molecule has 0 amide bonds. The van der Waals surface area contributed by atoms with Crippen molar-refractivity contribution in [3.8, 4) is 0 Å². The summed E-state index contributed by atoms with van der Waals surface area (Å²) in [4.78, 5) is -0.0972. The lowest BCUT2D eigenvalue weighted by molar-refractivity contribution is 0.484. The molecule has 0 saturated carbocycles. The van der Waals surface area contributed by atoms with E-state index in [1.807, 2.05) is 0 Å². The quantitative estimate of drug-likeness (QED) is 0.584. The first kappa shape index (κ1) is 15.1. The first-order valence-electron chi connectivity index (χ1n) is 4.74. The Morgan fingerprint density at radius 1 is 1.05 bits per heavy atom. The van der Waals surface area contributed by atoms with Crippen LogP contribution in [0.5, 0.6) is 0 Å². The summed E-state index contributed by atoms with van der Waals surface area (Å²) in [7, 11) is -7.29. The lowest BCUT2D eigenvalue weighted by Gasteiger charge is -2.03. The molecule has 0 aromatic heterocycles. The molecule has 2 aromatic carbocycles. The molecular weight excluding hydrogens is 294 g/mol. The Kier molecular flexibility index (Phi) is 4.59. The van der Waals surface area contributed by atoms with Crippen LogP contribution in [0.2, 0.25) is 0 Å². The first-order chi connectivity index (χ1) is 8.71. The Morgan fingerprint density at radius 3 is 2.16 bits per heavy atom. The average molecular weight is 303 g/mol. The van der Waals surface area contributed by atoms with Gasteiger partial charge in [0.15, 0.2) is 0 Å². The fourth-order valence-corrected chi connectivity index (χ4v) is 2.21. The van der Waals surface area contributed by atoms with Crippen LogP contribution in [0.1, 0.15) is 0 Å². The molecule has 2 rings (SSSR count). The highest BCUT2D eigenvalue weighted by Gasteiger charge is 2.12. The van der Waals surface area contributed by atoms with Crippen molar-refractivity contribution in [1.29, 1.82) is 0 Å². The van der Waals surface area contributed by atoms with Gasteiger partial charge in [-0.2, -0.15) is 8.42 Å². The topological polar surface area (TPSA) is 132 Å². The second-order valence-electron chi connectivity index (χ2n) is 3.42. The Balaban J connectivity index is 0.000000399. The Hall–Kier alpha value is -1.97. The second kappa shape index (κ2) is 5.78. The van der Waals surface area contributed by atoms with E-state index in [1.165, 1.54) is 6.07 Å². The van der Waals surface area contributed by atoms with Crippen LogP contribution in [0, 0.1) is 0 Å². The monoisotopic (exact) mass is 303 g/mol. The highest BCUT2D eigenvalue weighted by Crippen LogP contribution is 2.24. The molecule has 0 radical (unpaired) electrons.